The maximum atomic E-state index is 8.92. The Labute approximate surface area is 167 Å². The predicted molar refractivity (Wildman–Crippen MR) is 111 cm³/mol. The van der Waals surface area contributed by atoms with Crippen LogP contribution >= 0.6 is 0 Å². The molecule has 1 saturated heterocycles. The minimum atomic E-state index is 0.115. The van der Waals surface area contributed by atoms with Gasteiger partial charge in [0.2, 0.25) is 0 Å². The van der Waals surface area contributed by atoms with Crippen molar-refractivity contribution in [3.63, 3.8) is 0 Å². The summed E-state index contributed by atoms with van der Waals surface area (Å²) in [6.07, 6.45) is 5.71. The van der Waals surface area contributed by atoms with Gasteiger partial charge in [0.25, 0.3) is 0 Å². The van der Waals surface area contributed by atoms with Gasteiger partial charge in [0, 0.05) is 12.6 Å². The molecular formula is C24H29N3O. The largest absolute Gasteiger partial charge is 0.497 e. The Bertz CT molecular complexity index is 860. The Kier molecular flexibility index (Phi) is 5.39. The van der Waals surface area contributed by atoms with Crippen LogP contribution in [0.4, 0.5) is 0 Å². The molecule has 2 aromatic rings. The van der Waals surface area contributed by atoms with E-state index in [0.717, 1.165) is 50.2 Å². The lowest BCUT2D eigenvalue weighted by molar-refractivity contribution is 0.0823. The van der Waals surface area contributed by atoms with Crippen LogP contribution in [0.5, 0.6) is 5.75 Å². The average Bonchev–Trinajstić information content (AvgIpc) is 2.73. The zero-order valence-corrected chi connectivity index (χ0v) is 16.7. The fraction of sp³-hybridized carbons (Fsp3) is 0.458. The number of benzene rings is 2. The summed E-state index contributed by atoms with van der Waals surface area (Å²) in [5.74, 6) is 0.905. The van der Waals surface area contributed by atoms with Crippen LogP contribution in [0.25, 0.3) is 0 Å². The summed E-state index contributed by atoms with van der Waals surface area (Å²) in [6, 6.07) is 16.7. The van der Waals surface area contributed by atoms with Gasteiger partial charge < -0.3 is 15.4 Å². The van der Waals surface area contributed by atoms with E-state index in [-0.39, 0.29) is 6.04 Å². The van der Waals surface area contributed by atoms with Crippen molar-refractivity contribution in [3.8, 4) is 11.8 Å². The van der Waals surface area contributed by atoms with E-state index in [9.17, 15) is 0 Å². The van der Waals surface area contributed by atoms with Crippen LogP contribution in [0.3, 0.4) is 0 Å². The van der Waals surface area contributed by atoms with Crippen molar-refractivity contribution < 1.29 is 4.74 Å². The lowest BCUT2D eigenvalue weighted by Crippen LogP contribution is -2.45. The lowest BCUT2D eigenvalue weighted by Gasteiger charge is -2.46. The van der Waals surface area contributed by atoms with Gasteiger partial charge in [-0.2, -0.15) is 5.26 Å². The summed E-state index contributed by atoms with van der Waals surface area (Å²) in [5.41, 5.74) is 11.6. The van der Waals surface area contributed by atoms with Crippen LogP contribution in [-0.4, -0.2) is 31.6 Å². The highest BCUT2D eigenvalue weighted by Gasteiger charge is 2.40. The normalized spacial score (nSPS) is 21.1. The fourth-order valence-electron chi connectivity index (χ4n) is 4.92. The van der Waals surface area contributed by atoms with E-state index < -0.39 is 0 Å². The molecule has 0 bridgehead atoms. The molecule has 1 unspecified atom stereocenters. The van der Waals surface area contributed by atoms with Crippen LogP contribution in [0, 0.1) is 16.7 Å². The van der Waals surface area contributed by atoms with E-state index in [1.165, 1.54) is 29.5 Å². The molecule has 1 fully saturated rings. The van der Waals surface area contributed by atoms with Gasteiger partial charge in [-0.05, 0) is 91.6 Å². The molecule has 4 nitrogen and oxygen atoms in total. The van der Waals surface area contributed by atoms with E-state index in [1.807, 2.05) is 12.1 Å². The smallest absolute Gasteiger partial charge is 0.119 e. The Morgan fingerprint density at radius 2 is 1.93 bits per heavy atom. The number of ether oxygens (including phenoxy) is 1. The zero-order valence-electron chi connectivity index (χ0n) is 16.7. The zero-order chi connectivity index (χ0) is 19.6. The van der Waals surface area contributed by atoms with Crippen LogP contribution in [0.1, 0.15) is 47.6 Å². The molecule has 2 aliphatic rings. The molecule has 0 radical (unpaired) electrons. The summed E-state index contributed by atoms with van der Waals surface area (Å²) in [7, 11) is 1.71. The van der Waals surface area contributed by atoms with Crippen molar-refractivity contribution in [3.05, 3.63) is 64.7 Å². The molecule has 1 aliphatic heterocycles. The molecule has 0 amide bonds. The van der Waals surface area contributed by atoms with Crippen LogP contribution in [0.2, 0.25) is 0 Å². The second-order valence-electron chi connectivity index (χ2n) is 8.45. The standard InChI is InChI=1S/C24H29N3O/c1-28-21-7-6-20-15-24(16-23(26)22(20)14-21)9-12-27(13-10-24)11-8-18-2-4-19(17-25)5-3-18/h2-7,14,23H,8-13,15-16,26H2,1H3. The molecule has 28 heavy (non-hydrogen) atoms. The van der Waals surface area contributed by atoms with Crippen molar-refractivity contribution >= 4 is 0 Å². The van der Waals surface area contributed by atoms with Crippen molar-refractivity contribution in [2.24, 2.45) is 11.1 Å². The van der Waals surface area contributed by atoms with Crippen molar-refractivity contribution in [1.82, 2.24) is 4.90 Å². The number of nitriles is 1. The molecule has 4 heteroatoms. The highest BCUT2D eigenvalue weighted by Crippen LogP contribution is 2.47. The number of hydrogen-bond acceptors (Lipinski definition) is 4. The third kappa shape index (κ3) is 3.92. The summed E-state index contributed by atoms with van der Waals surface area (Å²) in [6.45, 7) is 3.38. The van der Waals surface area contributed by atoms with Gasteiger partial charge >= 0.3 is 0 Å². The minimum absolute atomic E-state index is 0.115. The summed E-state index contributed by atoms with van der Waals surface area (Å²) >= 11 is 0. The first kappa shape index (κ1) is 19.0. The lowest BCUT2D eigenvalue weighted by atomic mass is 9.65. The number of nitrogens with two attached hydrogens (primary N) is 1. The number of piperidine rings is 1. The van der Waals surface area contributed by atoms with Gasteiger partial charge in [-0.25, -0.2) is 0 Å². The maximum absolute atomic E-state index is 8.92. The second kappa shape index (κ2) is 7.95. The number of likely N-dealkylation sites (tertiary alicyclic amines) is 1. The quantitative estimate of drug-likeness (QED) is 0.882. The van der Waals surface area contributed by atoms with E-state index in [4.69, 9.17) is 15.7 Å². The monoisotopic (exact) mass is 375 g/mol. The molecule has 146 valence electrons. The van der Waals surface area contributed by atoms with Crippen molar-refractivity contribution in [2.45, 2.75) is 38.1 Å². The SMILES string of the molecule is COc1ccc2c(c1)C(N)CC1(CCN(CCc3ccc(C#N)cc3)CC1)C2. The molecular weight excluding hydrogens is 346 g/mol. The molecule has 1 atom stereocenters. The highest BCUT2D eigenvalue weighted by molar-refractivity contribution is 5.40. The number of methoxy groups -OCH3 is 1. The topological polar surface area (TPSA) is 62.3 Å². The maximum Gasteiger partial charge on any atom is 0.119 e. The van der Waals surface area contributed by atoms with E-state index in [0.29, 0.717) is 5.41 Å². The Morgan fingerprint density at radius 1 is 1.18 bits per heavy atom. The molecule has 2 N–H and O–H groups in total. The summed E-state index contributed by atoms with van der Waals surface area (Å²) < 4.78 is 5.38. The van der Waals surface area contributed by atoms with Crippen LogP contribution in [0.15, 0.2) is 42.5 Å². The van der Waals surface area contributed by atoms with E-state index >= 15 is 0 Å². The van der Waals surface area contributed by atoms with Gasteiger partial charge in [0.15, 0.2) is 0 Å². The van der Waals surface area contributed by atoms with E-state index in [2.05, 4.69) is 41.3 Å². The summed E-state index contributed by atoms with van der Waals surface area (Å²) in [4.78, 5) is 2.58. The third-order valence-corrected chi connectivity index (χ3v) is 6.69. The van der Waals surface area contributed by atoms with Crippen LogP contribution in [-0.2, 0) is 12.8 Å². The number of nitrogens with zero attached hydrogens (tertiary/aromatic N) is 2. The van der Waals surface area contributed by atoms with Gasteiger partial charge in [-0.3, -0.25) is 0 Å². The number of fused-ring (bicyclic) bond motifs is 1. The average molecular weight is 376 g/mol. The molecule has 0 saturated carbocycles. The molecule has 2 aromatic carbocycles. The van der Waals surface area contributed by atoms with Crippen molar-refractivity contribution in [1.29, 1.82) is 5.26 Å². The molecule has 1 spiro atoms. The second-order valence-corrected chi connectivity index (χ2v) is 8.45. The fourth-order valence-corrected chi connectivity index (χ4v) is 4.92. The number of hydrogen-bond donors (Lipinski definition) is 1. The van der Waals surface area contributed by atoms with E-state index in [1.54, 1.807) is 7.11 Å². The minimum Gasteiger partial charge on any atom is -0.497 e. The first-order chi connectivity index (χ1) is 13.6. The Hall–Kier alpha value is -2.35. The number of rotatable bonds is 4. The van der Waals surface area contributed by atoms with Gasteiger partial charge in [-0.15, -0.1) is 0 Å². The Morgan fingerprint density at radius 3 is 2.61 bits per heavy atom. The van der Waals surface area contributed by atoms with Gasteiger partial charge in [-0.1, -0.05) is 18.2 Å². The summed E-state index contributed by atoms with van der Waals surface area (Å²) in [5, 5.41) is 8.92. The van der Waals surface area contributed by atoms with Gasteiger partial charge in [0.05, 0.1) is 18.7 Å². The molecule has 4 rings (SSSR count). The third-order valence-electron chi connectivity index (χ3n) is 6.69. The predicted octanol–water partition coefficient (Wildman–Crippen LogP) is 3.84. The highest BCUT2D eigenvalue weighted by atomic mass is 16.5. The molecule has 1 heterocycles. The molecule has 1 aliphatic carbocycles. The van der Waals surface area contributed by atoms with Gasteiger partial charge in [0.1, 0.15) is 5.75 Å². The Balaban J connectivity index is 1.35. The first-order valence-corrected chi connectivity index (χ1v) is 10.2. The molecule has 0 aromatic heterocycles. The van der Waals surface area contributed by atoms with Crippen LogP contribution < -0.4 is 10.5 Å². The first-order valence-electron chi connectivity index (χ1n) is 10.2. The van der Waals surface area contributed by atoms with Crippen molar-refractivity contribution in [2.75, 3.05) is 26.7 Å².